The summed E-state index contributed by atoms with van der Waals surface area (Å²) in [5.41, 5.74) is 4.05. The van der Waals surface area contributed by atoms with Gasteiger partial charge < -0.3 is 10.2 Å². The summed E-state index contributed by atoms with van der Waals surface area (Å²) >= 11 is 0. The number of rotatable bonds is 4. The van der Waals surface area contributed by atoms with Gasteiger partial charge in [-0.3, -0.25) is 9.48 Å². The van der Waals surface area contributed by atoms with Gasteiger partial charge in [0, 0.05) is 23.9 Å². The molecule has 6 rings (SSSR count). The van der Waals surface area contributed by atoms with Crippen LogP contribution in [0.15, 0.2) is 48.7 Å². The number of phenolic OH excluding ortho intramolecular Hbond substituents is 2. The van der Waals surface area contributed by atoms with E-state index in [0.29, 0.717) is 41.6 Å². The van der Waals surface area contributed by atoms with Gasteiger partial charge in [0.1, 0.15) is 23.0 Å². The van der Waals surface area contributed by atoms with Gasteiger partial charge in [0.2, 0.25) is 0 Å². The Morgan fingerprint density at radius 3 is 2.82 bits per heavy atom. The summed E-state index contributed by atoms with van der Waals surface area (Å²) in [7, 11) is 0. The number of benzene rings is 2. The highest BCUT2D eigenvalue weighted by atomic mass is 16.3. The van der Waals surface area contributed by atoms with E-state index >= 15 is 0 Å². The summed E-state index contributed by atoms with van der Waals surface area (Å²) in [6.07, 6.45) is 7.60. The second-order valence-electron chi connectivity index (χ2n) is 10.8. The molecule has 5 atom stereocenters. The fourth-order valence-electron chi connectivity index (χ4n) is 7.40. The maximum atomic E-state index is 13.2. The zero-order valence-electron chi connectivity index (χ0n) is 19.5. The predicted molar refractivity (Wildman–Crippen MR) is 128 cm³/mol. The highest BCUT2D eigenvalue weighted by Crippen LogP contribution is 2.62. The van der Waals surface area contributed by atoms with E-state index in [0.717, 1.165) is 49.9 Å². The number of aromatic hydroxyl groups is 2. The molecule has 34 heavy (non-hydrogen) atoms. The molecule has 0 spiro atoms. The average Bonchev–Trinajstić information content (AvgIpc) is 3.40. The number of aryl methyl sites for hydroxylation is 2. The Morgan fingerprint density at radius 2 is 1.97 bits per heavy atom. The lowest BCUT2D eigenvalue weighted by Gasteiger charge is -2.50. The molecule has 0 radical (unpaired) electrons. The van der Waals surface area contributed by atoms with Crippen LogP contribution in [0, 0.1) is 23.2 Å². The van der Waals surface area contributed by atoms with Gasteiger partial charge in [0.15, 0.2) is 0 Å². The molecule has 6 nitrogen and oxygen atoms in total. The van der Waals surface area contributed by atoms with E-state index in [1.54, 1.807) is 18.2 Å². The number of aromatic nitrogens is 3. The number of hydrogen-bond acceptors (Lipinski definition) is 5. The van der Waals surface area contributed by atoms with Crippen molar-refractivity contribution in [2.45, 2.75) is 57.9 Å². The van der Waals surface area contributed by atoms with Gasteiger partial charge in [-0.05, 0) is 91.2 Å². The summed E-state index contributed by atoms with van der Waals surface area (Å²) in [5, 5.41) is 28.3. The average molecular weight is 458 g/mol. The number of carbonyl (C=O) groups excluding carboxylic acids is 1. The SMILES string of the molecule is C[C@]12CC[C@@H]3c4ccc(O)cc4CC[C@H]3[C@@H]1[C@H](CCn1cc(-c3cccc(O)c3)nn1)CC2=O. The van der Waals surface area contributed by atoms with E-state index in [1.165, 1.54) is 11.1 Å². The number of carbonyl (C=O) groups is 1. The van der Waals surface area contributed by atoms with Gasteiger partial charge in [0.25, 0.3) is 0 Å². The highest BCUT2D eigenvalue weighted by Gasteiger charge is 2.58. The van der Waals surface area contributed by atoms with Crippen LogP contribution in [0.2, 0.25) is 0 Å². The Kier molecular flexibility index (Phi) is 5.01. The van der Waals surface area contributed by atoms with E-state index in [4.69, 9.17) is 0 Å². The molecule has 1 aromatic heterocycles. The van der Waals surface area contributed by atoms with Gasteiger partial charge >= 0.3 is 0 Å². The standard InChI is InChI=1S/C28H31N3O3/c1-28-11-9-23-22-8-6-21(33)13-17(22)5-7-24(23)27(28)19(15-26(28)34)10-12-31-16-25(29-30-31)18-3-2-4-20(32)14-18/h2-4,6,8,13-14,16,19,23-24,27,32-33H,5,7,9-12,15H2,1H3/t19-,23-,24-,27+,28-/m1/s1. The molecular weight excluding hydrogens is 426 g/mol. The molecule has 2 aromatic carbocycles. The molecule has 0 aliphatic heterocycles. The zero-order valence-corrected chi connectivity index (χ0v) is 19.5. The smallest absolute Gasteiger partial charge is 0.139 e. The number of ketones is 1. The van der Waals surface area contributed by atoms with Crippen LogP contribution in [0.25, 0.3) is 11.3 Å². The maximum absolute atomic E-state index is 13.2. The van der Waals surface area contributed by atoms with Crippen molar-refractivity contribution in [1.29, 1.82) is 0 Å². The first-order valence-electron chi connectivity index (χ1n) is 12.5. The Hall–Kier alpha value is -3.15. The van der Waals surface area contributed by atoms with Gasteiger partial charge in [-0.15, -0.1) is 5.10 Å². The van der Waals surface area contributed by atoms with Crippen molar-refractivity contribution in [1.82, 2.24) is 15.0 Å². The molecule has 0 bridgehead atoms. The van der Waals surface area contributed by atoms with Crippen molar-refractivity contribution >= 4 is 5.78 Å². The number of phenols is 2. The third-order valence-electron chi connectivity index (χ3n) is 8.96. The first kappa shape index (κ1) is 21.4. The molecule has 3 aliphatic rings. The second-order valence-corrected chi connectivity index (χ2v) is 10.8. The van der Waals surface area contributed by atoms with Gasteiger partial charge in [0.05, 0.1) is 6.20 Å². The summed E-state index contributed by atoms with van der Waals surface area (Å²) in [4.78, 5) is 13.2. The lowest BCUT2D eigenvalue weighted by molar-refractivity contribution is -0.129. The lowest BCUT2D eigenvalue weighted by Crippen LogP contribution is -2.44. The summed E-state index contributed by atoms with van der Waals surface area (Å²) in [6.45, 7) is 2.95. The number of fused-ring (bicyclic) bond motifs is 5. The third-order valence-corrected chi connectivity index (χ3v) is 8.96. The van der Waals surface area contributed by atoms with Gasteiger partial charge in [-0.2, -0.15) is 0 Å². The lowest BCUT2D eigenvalue weighted by atomic mass is 9.54. The number of Topliss-reactive ketones (excluding diaryl/α,β-unsaturated/α-hetero) is 1. The molecule has 0 amide bonds. The molecule has 3 aromatic rings. The molecule has 2 fully saturated rings. The van der Waals surface area contributed by atoms with E-state index in [1.807, 2.05) is 29.1 Å². The minimum absolute atomic E-state index is 0.213. The monoisotopic (exact) mass is 457 g/mol. The predicted octanol–water partition coefficient (Wildman–Crippen LogP) is 5.10. The van der Waals surface area contributed by atoms with E-state index in [9.17, 15) is 15.0 Å². The van der Waals surface area contributed by atoms with Crippen molar-refractivity contribution in [3.05, 3.63) is 59.8 Å². The van der Waals surface area contributed by atoms with Crippen LogP contribution in [-0.2, 0) is 17.8 Å². The second kappa shape index (κ2) is 7.97. The molecule has 6 heteroatoms. The largest absolute Gasteiger partial charge is 0.508 e. The molecule has 2 saturated carbocycles. The molecule has 0 unspecified atom stereocenters. The maximum Gasteiger partial charge on any atom is 0.139 e. The Morgan fingerprint density at radius 1 is 1.12 bits per heavy atom. The number of hydrogen-bond donors (Lipinski definition) is 2. The molecule has 176 valence electrons. The first-order valence-corrected chi connectivity index (χ1v) is 12.5. The number of nitrogens with zero attached hydrogens (tertiary/aromatic N) is 3. The Bertz CT molecular complexity index is 1250. The quantitative estimate of drug-likeness (QED) is 0.569. The normalized spacial score (nSPS) is 30.0. The van der Waals surface area contributed by atoms with E-state index in [-0.39, 0.29) is 11.2 Å². The Labute approximate surface area is 199 Å². The molecule has 2 N–H and O–H groups in total. The van der Waals surface area contributed by atoms with Crippen molar-refractivity contribution in [2.75, 3.05) is 0 Å². The summed E-state index contributed by atoms with van der Waals surface area (Å²) < 4.78 is 1.87. The van der Waals surface area contributed by atoms with Crippen molar-refractivity contribution in [2.24, 2.45) is 23.2 Å². The molecule has 1 heterocycles. The fraction of sp³-hybridized carbons (Fsp3) is 0.464. The third kappa shape index (κ3) is 3.42. The van der Waals surface area contributed by atoms with Crippen molar-refractivity contribution in [3.8, 4) is 22.8 Å². The summed E-state index contributed by atoms with van der Waals surface area (Å²) in [5.74, 6) is 2.77. The first-order chi connectivity index (χ1) is 16.4. The van der Waals surface area contributed by atoms with Crippen molar-refractivity contribution < 1.29 is 15.0 Å². The van der Waals surface area contributed by atoms with Gasteiger partial charge in [-0.1, -0.05) is 30.3 Å². The van der Waals surface area contributed by atoms with E-state index < -0.39 is 0 Å². The van der Waals surface area contributed by atoms with Crippen LogP contribution in [0.5, 0.6) is 11.5 Å². The summed E-state index contributed by atoms with van der Waals surface area (Å²) in [6, 6.07) is 12.9. The molecular formula is C28H31N3O3. The molecule has 0 saturated heterocycles. The Balaban J connectivity index is 1.22. The van der Waals surface area contributed by atoms with Crippen LogP contribution in [0.4, 0.5) is 0 Å². The van der Waals surface area contributed by atoms with Crippen LogP contribution in [-0.4, -0.2) is 31.0 Å². The minimum Gasteiger partial charge on any atom is -0.508 e. The van der Waals surface area contributed by atoms with Crippen LogP contribution >= 0.6 is 0 Å². The van der Waals surface area contributed by atoms with Gasteiger partial charge in [-0.25, -0.2) is 0 Å². The fourth-order valence-corrected chi connectivity index (χ4v) is 7.40. The van der Waals surface area contributed by atoms with Crippen LogP contribution < -0.4 is 0 Å². The molecule has 3 aliphatic carbocycles. The topological polar surface area (TPSA) is 88.2 Å². The van der Waals surface area contributed by atoms with Crippen LogP contribution in [0.3, 0.4) is 0 Å². The van der Waals surface area contributed by atoms with Crippen LogP contribution in [0.1, 0.15) is 56.1 Å². The zero-order chi connectivity index (χ0) is 23.4. The highest BCUT2D eigenvalue weighted by molar-refractivity contribution is 5.87. The minimum atomic E-state index is -0.213. The van der Waals surface area contributed by atoms with E-state index in [2.05, 4.69) is 23.3 Å². The van der Waals surface area contributed by atoms with Crippen molar-refractivity contribution in [3.63, 3.8) is 0 Å².